The Morgan fingerprint density at radius 1 is 1.35 bits per heavy atom. The van der Waals surface area contributed by atoms with Gasteiger partial charge in [0.1, 0.15) is 5.25 Å². The topological polar surface area (TPSA) is 63.2 Å². The summed E-state index contributed by atoms with van der Waals surface area (Å²) < 4.78 is 22.4. The van der Waals surface area contributed by atoms with Gasteiger partial charge in [-0.1, -0.05) is 29.3 Å². The number of carbonyl (C=O) groups is 1. The van der Waals surface area contributed by atoms with E-state index in [1.54, 1.807) is 12.1 Å². The SMILES string of the molecule is C[C@@H](C(=O)NCCCc1ccc(Cl)cc1Cl)S(C)(=O)=O. The van der Waals surface area contributed by atoms with Crippen LogP contribution in [0.5, 0.6) is 0 Å². The van der Waals surface area contributed by atoms with Crippen molar-refractivity contribution < 1.29 is 13.2 Å². The molecule has 0 saturated heterocycles. The zero-order valence-corrected chi connectivity index (χ0v) is 13.6. The Morgan fingerprint density at radius 3 is 2.55 bits per heavy atom. The molecule has 1 atom stereocenters. The molecular weight excluding hydrogens is 321 g/mol. The summed E-state index contributed by atoms with van der Waals surface area (Å²) in [5.74, 6) is -0.477. The smallest absolute Gasteiger partial charge is 0.238 e. The summed E-state index contributed by atoms with van der Waals surface area (Å²) in [5, 5.41) is 2.75. The molecule has 0 radical (unpaired) electrons. The number of halogens is 2. The molecule has 0 fully saturated rings. The Kier molecular flexibility index (Phi) is 6.30. The predicted molar refractivity (Wildman–Crippen MR) is 82.1 cm³/mol. The number of amides is 1. The highest BCUT2D eigenvalue weighted by Gasteiger charge is 2.22. The normalized spacial score (nSPS) is 13.0. The van der Waals surface area contributed by atoms with Crippen LogP contribution in [0.1, 0.15) is 18.9 Å². The van der Waals surface area contributed by atoms with E-state index in [-0.39, 0.29) is 0 Å². The van der Waals surface area contributed by atoms with Crippen LogP contribution in [0.3, 0.4) is 0 Å². The molecule has 1 rings (SSSR count). The second-order valence-corrected chi connectivity index (χ2v) is 7.81. The minimum absolute atomic E-state index is 0.400. The molecule has 0 aromatic heterocycles. The van der Waals surface area contributed by atoms with Crippen LogP contribution in [0.2, 0.25) is 10.0 Å². The molecule has 20 heavy (non-hydrogen) atoms. The molecule has 1 amide bonds. The van der Waals surface area contributed by atoms with E-state index in [4.69, 9.17) is 23.2 Å². The van der Waals surface area contributed by atoms with E-state index < -0.39 is 21.0 Å². The number of carbonyl (C=O) groups excluding carboxylic acids is 1. The lowest BCUT2D eigenvalue weighted by Gasteiger charge is -2.10. The molecule has 0 unspecified atom stereocenters. The van der Waals surface area contributed by atoms with Gasteiger partial charge in [-0.15, -0.1) is 0 Å². The van der Waals surface area contributed by atoms with Crippen molar-refractivity contribution in [2.24, 2.45) is 0 Å². The highest BCUT2D eigenvalue weighted by Crippen LogP contribution is 2.21. The maximum Gasteiger partial charge on any atom is 0.238 e. The summed E-state index contributed by atoms with van der Waals surface area (Å²) in [6.45, 7) is 1.78. The average Bonchev–Trinajstić information content (AvgIpc) is 2.34. The minimum atomic E-state index is -3.35. The first-order valence-corrected chi connectivity index (χ1v) is 8.83. The molecule has 112 valence electrons. The largest absolute Gasteiger partial charge is 0.355 e. The molecular formula is C13H17Cl2NO3S. The third-order valence-corrected chi connectivity index (χ3v) is 5.03. The number of hydrogen-bond donors (Lipinski definition) is 1. The van der Waals surface area contributed by atoms with E-state index in [2.05, 4.69) is 5.32 Å². The van der Waals surface area contributed by atoms with Crippen molar-refractivity contribution in [1.82, 2.24) is 5.32 Å². The Hall–Kier alpha value is -0.780. The van der Waals surface area contributed by atoms with Crippen molar-refractivity contribution in [2.75, 3.05) is 12.8 Å². The van der Waals surface area contributed by atoms with E-state index in [1.807, 2.05) is 6.07 Å². The van der Waals surface area contributed by atoms with E-state index in [9.17, 15) is 13.2 Å². The third kappa shape index (κ3) is 5.31. The Bertz CT molecular complexity index is 587. The molecule has 1 aromatic carbocycles. The zero-order chi connectivity index (χ0) is 15.3. The number of rotatable bonds is 6. The van der Waals surface area contributed by atoms with Gasteiger partial charge in [-0.3, -0.25) is 4.79 Å². The van der Waals surface area contributed by atoms with Crippen molar-refractivity contribution in [3.63, 3.8) is 0 Å². The van der Waals surface area contributed by atoms with Gasteiger partial charge < -0.3 is 5.32 Å². The summed E-state index contributed by atoms with van der Waals surface area (Å²) in [6.07, 6.45) is 2.40. The van der Waals surface area contributed by atoms with Crippen LogP contribution in [-0.2, 0) is 21.1 Å². The van der Waals surface area contributed by atoms with Gasteiger partial charge in [0.25, 0.3) is 0 Å². The Labute approximate surface area is 129 Å². The van der Waals surface area contributed by atoms with Crippen LogP contribution >= 0.6 is 23.2 Å². The predicted octanol–water partition coefficient (Wildman–Crippen LogP) is 2.48. The average molecular weight is 338 g/mol. The van der Waals surface area contributed by atoms with Crippen molar-refractivity contribution >= 4 is 38.9 Å². The van der Waals surface area contributed by atoms with Crippen molar-refractivity contribution in [2.45, 2.75) is 25.0 Å². The zero-order valence-electron chi connectivity index (χ0n) is 11.3. The lowest BCUT2D eigenvalue weighted by Crippen LogP contribution is -2.37. The van der Waals surface area contributed by atoms with E-state index >= 15 is 0 Å². The van der Waals surface area contributed by atoms with Gasteiger partial charge in [-0.2, -0.15) is 0 Å². The van der Waals surface area contributed by atoms with Gasteiger partial charge in [0.2, 0.25) is 5.91 Å². The maximum atomic E-state index is 11.6. The Morgan fingerprint density at radius 2 is 2.00 bits per heavy atom. The van der Waals surface area contributed by atoms with Crippen LogP contribution in [0.25, 0.3) is 0 Å². The molecule has 1 aromatic rings. The van der Waals surface area contributed by atoms with Crippen LogP contribution in [0, 0.1) is 0 Å². The monoisotopic (exact) mass is 337 g/mol. The Balaban J connectivity index is 2.41. The standard InChI is InChI=1S/C13H17Cl2NO3S/c1-9(20(2,18)19)13(17)16-7-3-4-10-5-6-11(14)8-12(10)15/h5-6,8-9H,3-4,7H2,1-2H3,(H,16,17)/t9-/m0/s1. The molecule has 0 aliphatic carbocycles. The van der Waals surface area contributed by atoms with Crippen LogP contribution in [-0.4, -0.2) is 32.4 Å². The van der Waals surface area contributed by atoms with Gasteiger partial charge in [-0.05, 0) is 37.5 Å². The summed E-state index contributed by atoms with van der Waals surface area (Å²) in [6, 6.07) is 5.27. The summed E-state index contributed by atoms with van der Waals surface area (Å²) in [4.78, 5) is 11.6. The second-order valence-electron chi connectivity index (χ2n) is 4.60. The van der Waals surface area contributed by atoms with Crippen molar-refractivity contribution in [3.05, 3.63) is 33.8 Å². The fourth-order valence-corrected chi connectivity index (χ4v) is 2.53. The number of hydrogen-bond acceptors (Lipinski definition) is 3. The van der Waals surface area contributed by atoms with Crippen LogP contribution in [0.4, 0.5) is 0 Å². The molecule has 0 aliphatic heterocycles. The first kappa shape index (κ1) is 17.3. The molecule has 1 N–H and O–H groups in total. The first-order valence-electron chi connectivity index (χ1n) is 6.12. The third-order valence-electron chi connectivity index (χ3n) is 2.95. The minimum Gasteiger partial charge on any atom is -0.355 e. The quantitative estimate of drug-likeness (QED) is 0.811. The molecule has 0 spiro atoms. The molecule has 4 nitrogen and oxygen atoms in total. The molecule has 7 heteroatoms. The lowest BCUT2D eigenvalue weighted by atomic mass is 10.1. The summed E-state index contributed by atoms with van der Waals surface area (Å²) in [7, 11) is -3.35. The number of benzene rings is 1. The second kappa shape index (κ2) is 7.29. The molecule has 0 heterocycles. The van der Waals surface area contributed by atoms with Gasteiger partial charge in [0.15, 0.2) is 9.84 Å². The summed E-state index contributed by atoms with van der Waals surface area (Å²) in [5.41, 5.74) is 0.946. The molecule has 0 aliphatic rings. The van der Waals surface area contributed by atoms with E-state index in [1.165, 1.54) is 6.92 Å². The maximum absolute atomic E-state index is 11.6. The summed E-state index contributed by atoms with van der Waals surface area (Å²) >= 11 is 11.8. The van der Waals surface area contributed by atoms with E-state index in [0.29, 0.717) is 29.4 Å². The fraction of sp³-hybridized carbons (Fsp3) is 0.462. The molecule has 0 bridgehead atoms. The van der Waals surface area contributed by atoms with Crippen molar-refractivity contribution in [1.29, 1.82) is 0 Å². The lowest BCUT2D eigenvalue weighted by molar-refractivity contribution is -0.120. The number of sulfone groups is 1. The highest BCUT2D eigenvalue weighted by atomic mass is 35.5. The van der Waals surface area contributed by atoms with Gasteiger partial charge >= 0.3 is 0 Å². The first-order chi connectivity index (χ1) is 9.21. The molecule has 0 saturated carbocycles. The van der Waals surface area contributed by atoms with Gasteiger partial charge in [0, 0.05) is 22.8 Å². The number of aryl methyl sites for hydroxylation is 1. The van der Waals surface area contributed by atoms with Crippen LogP contribution < -0.4 is 5.32 Å². The van der Waals surface area contributed by atoms with Crippen LogP contribution in [0.15, 0.2) is 18.2 Å². The van der Waals surface area contributed by atoms with Gasteiger partial charge in [0.05, 0.1) is 0 Å². The fourth-order valence-electron chi connectivity index (χ4n) is 1.55. The van der Waals surface area contributed by atoms with E-state index in [0.717, 1.165) is 11.8 Å². The highest BCUT2D eigenvalue weighted by molar-refractivity contribution is 7.92. The van der Waals surface area contributed by atoms with Crippen molar-refractivity contribution in [3.8, 4) is 0 Å². The number of nitrogens with one attached hydrogen (secondary N) is 1. The van der Waals surface area contributed by atoms with Gasteiger partial charge in [-0.25, -0.2) is 8.42 Å².